The standard InChI is InChI=1S/C28H25N3O4/c32-18-24-23-11-13-29-26(23)8-9-27(24)35-22-6-2-5-21(16-22)25-12-14-31(30-25)17-20-4-1-3-19(15-20)7-10-28(33)34/h1-6,8-9,11-16,29,32H,7,10,17-18H2,(H,33,34). The number of aliphatic hydroxyl groups excluding tert-OH is 1. The molecule has 0 atom stereocenters. The second-order valence-electron chi connectivity index (χ2n) is 8.38. The number of aliphatic hydroxyl groups is 1. The van der Waals surface area contributed by atoms with E-state index in [0.29, 0.717) is 24.5 Å². The first-order chi connectivity index (χ1) is 17.1. The average Bonchev–Trinajstić information content (AvgIpc) is 3.53. The van der Waals surface area contributed by atoms with Gasteiger partial charge >= 0.3 is 5.97 Å². The van der Waals surface area contributed by atoms with Crippen LogP contribution in [0.4, 0.5) is 0 Å². The average molecular weight is 468 g/mol. The van der Waals surface area contributed by atoms with Crippen LogP contribution in [0.2, 0.25) is 0 Å². The number of carbonyl (C=O) groups is 1. The van der Waals surface area contributed by atoms with Gasteiger partial charge in [0.1, 0.15) is 11.5 Å². The summed E-state index contributed by atoms with van der Waals surface area (Å²) in [4.78, 5) is 14.0. The molecular formula is C28H25N3O4. The summed E-state index contributed by atoms with van der Waals surface area (Å²) < 4.78 is 8.01. The Balaban J connectivity index is 1.33. The number of hydrogen-bond donors (Lipinski definition) is 3. The molecule has 0 bridgehead atoms. The van der Waals surface area contributed by atoms with Crippen molar-refractivity contribution < 1.29 is 19.7 Å². The molecule has 2 heterocycles. The van der Waals surface area contributed by atoms with Crippen molar-refractivity contribution in [3.8, 4) is 22.8 Å². The number of hydrogen-bond acceptors (Lipinski definition) is 4. The van der Waals surface area contributed by atoms with E-state index in [2.05, 4.69) is 4.98 Å². The number of aromatic nitrogens is 3. The highest BCUT2D eigenvalue weighted by Gasteiger charge is 2.11. The van der Waals surface area contributed by atoms with Gasteiger partial charge in [-0.05, 0) is 53.9 Å². The first-order valence-electron chi connectivity index (χ1n) is 11.4. The van der Waals surface area contributed by atoms with Crippen molar-refractivity contribution in [2.75, 3.05) is 0 Å². The number of carboxylic acid groups (broad SMARTS) is 1. The van der Waals surface area contributed by atoms with Crippen LogP contribution in [0.5, 0.6) is 11.5 Å². The number of carboxylic acids is 1. The zero-order chi connectivity index (χ0) is 24.2. The number of fused-ring (bicyclic) bond motifs is 1. The van der Waals surface area contributed by atoms with Crippen LogP contribution in [0.15, 0.2) is 85.2 Å². The fourth-order valence-electron chi connectivity index (χ4n) is 4.21. The summed E-state index contributed by atoms with van der Waals surface area (Å²) in [6.45, 7) is 0.472. The van der Waals surface area contributed by atoms with Gasteiger partial charge in [0.2, 0.25) is 0 Å². The van der Waals surface area contributed by atoms with Gasteiger partial charge in [-0.3, -0.25) is 9.48 Å². The van der Waals surface area contributed by atoms with Crippen molar-refractivity contribution in [2.24, 2.45) is 0 Å². The van der Waals surface area contributed by atoms with Gasteiger partial charge in [0, 0.05) is 40.8 Å². The summed E-state index contributed by atoms with van der Waals surface area (Å²) in [6.07, 6.45) is 4.40. The third kappa shape index (κ3) is 5.10. The Morgan fingerprint density at radius 1 is 1.00 bits per heavy atom. The molecule has 0 fully saturated rings. The SMILES string of the molecule is O=C(O)CCc1cccc(Cn2ccc(-c3cccc(Oc4ccc5[nH]ccc5c4CO)c3)n2)c1. The van der Waals surface area contributed by atoms with E-state index in [-0.39, 0.29) is 13.0 Å². The van der Waals surface area contributed by atoms with Crippen LogP contribution in [0.3, 0.4) is 0 Å². The number of aromatic amines is 1. The molecule has 0 amide bonds. The number of ether oxygens (including phenoxy) is 1. The van der Waals surface area contributed by atoms with E-state index in [1.54, 1.807) is 0 Å². The maximum atomic E-state index is 10.8. The lowest BCUT2D eigenvalue weighted by molar-refractivity contribution is -0.136. The number of aliphatic carboxylic acids is 1. The highest BCUT2D eigenvalue weighted by atomic mass is 16.5. The van der Waals surface area contributed by atoms with Gasteiger partial charge < -0.3 is 19.9 Å². The summed E-state index contributed by atoms with van der Waals surface area (Å²) in [5, 5.41) is 24.5. The van der Waals surface area contributed by atoms with Crippen molar-refractivity contribution in [2.45, 2.75) is 26.0 Å². The fourth-order valence-corrected chi connectivity index (χ4v) is 4.21. The summed E-state index contributed by atoms with van der Waals surface area (Å²) in [6, 6.07) is 23.3. The second-order valence-corrected chi connectivity index (χ2v) is 8.38. The molecule has 5 rings (SSSR count). The molecule has 35 heavy (non-hydrogen) atoms. The number of nitrogens with zero attached hydrogens (tertiary/aromatic N) is 2. The van der Waals surface area contributed by atoms with E-state index in [0.717, 1.165) is 38.9 Å². The van der Waals surface area contributed by atoms with Gasteiger partial charge in [-0.15, -0.1) is 0 Å². The Morgan fingerprint density at radius 2 is 1.86 bits per heavy atom. The number of aryl methyl sites for hydroxylation is 1. The number of nitrogens with one attached hydrogen (secondary N) is 1. The normalized spacial score (nSPS) is 11.1. The third-order valence-electron chi connectivity index (χ3n) is 5.92. The van der Waals surface area contributed by atoms with Crippen LogP contribution in [0.1, 0.15) is 23.1 Å². The molecule has 176 valence electrons. The molecule has 7 heteroatoms. The van der Waals surface area contributed by atoms with Crippen LogP contribution in [0.25, 0.3) is 22.2 Å². The molecule has 2 aromatic heterocycles. The van der Waals surface area contributed by atoms with Gasteiger partial charge in [-0.2, -0.15) is 5.10 Å². The van der Waals surface area contributed by atoms with Crippen molar-refractivity contribution >= 4 is 16.9 Å². The topological polar surface area (TPSA) is 100 Å². The summed E-state index contributed by atoms with van der Waals surface area (Å²) in [5.41, 5.74) is 5.50. The minimum Gasteiger partial charge on any atom is -0.481 e. The van der Waals surface area contributed by atoms with E-state index in [4.69, 9.17) is 14.9 Å². The molecule has 3 aromatic carbocycles. The largest absolute Gasteiger partial charge is 0.481 e. The Kier molecular flexibility index (Phi) is 6.32. The molecule has 3 N–H and O–H groups in total. The Morgan fingerprint density at radius 3 is 2.71 bits per heavy atom. The lowest BCUT2D eigenvalue weighted by atomic mass is 10.1. The molecule has 0 saturated heterocycles. The van der Waals surface area contributed by atoms with Gasteiger partial charge in [-0.25, -0.2) is 0 Å². The van der Waals surface area contributed by atoms with Crippen LogP contribution in [-0.4, -0.2) is 30.9 Å². The lowest BCUT2D eigenvalue weighted by Crippen LogP contribution is -2.02. The van der Waals surface area contributed by atoms with Gasteiger partial charge in [-0.1, -0.05) is 36.4 Å². The van der Waals surface area contributed by atoms with Gasteiger partial charge in [0.05, 0.1) is 18.8 Å². The zero-order valence-electron chi connectivity index (χ0n) is 19.0. The Hall–Kier alpha value is -4.36. The van der Waals surface area contributed by atoms with Gasteiger partial charge in [0.15, 0.2) is 0 Å². The van der Waals surface area contributed by atoms with Crippen molar-refractivity contribution in [3.63, 3.8) is 0 Å². The van der Waals surface area contributed by atoms with Crippen molar-refractivity contribution in [1.29, 1.82) is 0 Å². The molecule has 0 unspecified atom stereocenters. The smallest absolute Gasteiger partial charge is 0.303 e. The number of H-pyrrole nitrogens is 1. The predicted molar refractivity (Wildman–Crippen MR) is 133 cm³/mol. The molecule has 7 nitrogen and oxygen atoms in total. The highest BCUT2D eigenvalue weighted by molar-refractivity contribution is 5.85. The van der Waals surface area contributed by atoms with E-state index in [1.165, 1.54) is 0 Å². The zero-order valence-corrected chi connectivity index (χ0v) is 19.0. The maximum absolute atomic E-state index is 10.8. The minimum absolute atomic E-state index is 0.118. The number of benzene rings is 3. The van der Waals surface area contributed by atoms with E-state index >= 15 is 0 Å². The maximum Gasteiger partial charge on any atom is 0.303 e. The first kappa shape index (κ1) is 22.4. The third-order valence-corrected chi connectivity index (χ3v) is 5.92. The van der Waals surface area contributed by atoms with Crippen molar-refractivity contribution in [1.82, 2.24) is 14.8 Å². The molecule has 5 aromatic rings. The summed E-state index contributed by atoms with van der Waals surface area (Å²) in [7, 11) is 0. The monoisotopic (exact) mass is 467 g/mol. The summed E-state index contributed by atoms with van der Waals surface area (Å²) in [5.74, 6) is 0.480. The van der Waals surface area contributed by atoms with Crippen LogP contribution in [0, 0.1) is 0 Å². The highest BCUT2D eigenvalue weighted by Crippen LogP contribution is 2.32. The molecule has 0 aliphatic heterocycles. The van der Waals surface area contributed by atoms with Crippen molar-refractivity contribution in [3.05, 3.63) is 102 Å². The predicted octanol–water partition coefficient (Wildman–Crippen LogP) is 5.38. The molecule has 0 saturated carbocycles. The van der Waals surface area contributed by atoms with Crippen LogP contribution >= 0.6 is 0 Å². The molecular weight excluding hydrogens is 442 g/mol. The van der Waals surface area contributed by atoms with E-state index in [9.17, 15) is 9.90 Å². The Labute approximate surface area is 202 Å². The van der Waals surface area contributed by atoms with E-state index < -0.39 is 5.97 Å². The first-order valence-corrected chi connectivity index (χ1v) is 11.4. The number of rotatable bonds is 9. The molecule has 0 spiro atoms. The second kappa shape index (κ2) is 9.87. The van der Waals surface area contributed by atoms with Crippen LogP contribution < -0.4 is 4.74 Å². The van der Waals surface area contributed by atoms with Crippen LogP contribution in [-0.2, 0) is 24.4 Å². The Bertz CT molecular complexity index is 1480. The summed E-state index contributed by atoms with van der Waals surface area (Å²) >= 11 is 0. The van der Waals surface area contributed by atoms with Gasteiger partial charge in [0.25, 0.3) is 0 Å². The molecule has 0 aliphatic carbocycles. The quantitative estimate of drug-likeness (QED) is 0.270. The lowest BCUT2D eigenvalue weighted by Gasteiger charge is -2.11. The fraction of sp³-hybridized carbons (Fsp3) is 0.143. The minimum atomic E-state index is -0.795. The van der Waals surface area contributed by atoms with E-state index in [1.807, 2.05) is 89.9 Å². The molecule has 0 radical (unpaired) electrons. The molecule has 0 aliphatic rings.